The van der Waals surface area contributed by atoms with Gasteiger partial charge in [-0.05, 0) is 48.4 Å². The second-order valence-electron chi connectivity index (χ2n) is 4.30. The summed E-state index contributed by atoms with van der Waals surface area (Å²) in [5.74, 6) is -0.126. The van der Waals surface area contributed by atoms with Gasteiger partial charge in [-0.2, -0.15) is 0 Å². The zero-order valence-corrected chi connectivity index (χ0v) is 10.8. The van der Waals surface area contributed by atoms with Crippen LogP contribution in [0, 0.1) is 5.82 Å². The summed E-state index contributed by atoms with van der Waals surface area (Å²) < 4.78 is 12.7. The van der Waals surface area contributed by atoms with Crippen LogP contribution in [-0.4, -0.2) is 17.7 Å². The summed E-state index contributed by atoms with van der Waals surface area (Å²) in [6.07, 6.45) is 0.664. The molecule has 0 heterocycles. The van der Waals surface area contributed by atoms with Crippen molar-refractivity contribution in [3.05, 3.63) is 59.9 Å². The zero-order chi connectivity index (χ0) is 14.4. The van der Waals surface area contributed by atoms with Crippen molar-refractivity contribution in [2.24, 2.45) is 0 Å². The van der Waals surface area contributed by atoms with Gasteiger partial charge in [0.05, 0.1) is 0 Å². The molecule has 20 heavy (non-hydrogen) atoms. The van der Waals surface area contributed by atoms with Crippen LogP contribution in [0.1, 0.15) is 5.56 Å². The lowest BCUT2D eigenvalue weighted by Crippen LogP contribution is -2.30. The first kappa shape index (κ1) is 13.9. The molecule has 0 unspecified atom stereocenters. The number of nitrogens with one attached hydrogen (secondary N) is 2. The average Bonchev–Trinajstić information content (AvgIpc) is 2.44. The second kappa shape index (κ2) is 6.56. The third-order valence-corrected chi connectivity index (χ3v) is 2.74. The highest BCUT2D eigenvalue weighted by molar-refractivity contribution is 5.89. The van der Waals surface area contributed by atoms with Gasteiger partial charge in [0.1, 0.15) is 11.6 Å². The first-order chi connectivity index (χ1) is 9.63. The van der Waals surface area contributed by atoms with Gasteiger partial charge in [0.15, 0.2) is 0 Å². The molecule has 0 aliphatic carbocycles. The van der Waals surface area contributed by atoms with E-state index in [2.05, 4.69) is 10.6 Å². The molecule has 2 aromatic rings. The topological polar surface area (TPSA) is 61.4 Å². The number of amides is 2. The van der Waals surface area contributed by atoms with E-state index in [-0.39, 0.29) is 17.6 Å². The van der Waals surface area contributed by atoms with Gasteiger partial charge >= 0.3 is 6.03 Å². The maximum Gasteiger partial charge on any atom is 0.319 e. The van der Waals surface area contributed by atoms with Crippen LogP contribution in [0.4, 0.5) is 14.9 Å². The minimum Gasteiger partial charge on any atom is -0.508 e. The van der Waals surface area contributed by atoms with Crippen LogP contribution in [0.15, 0.2) is 48.5 Å². The number of carbonyl (C=O) groups is 1. The largest absolute Gasteiger partial charge is 0.508 e. The Balaban J connectivity index is 1.75. The Morgan fingerprint density at radius 3 is 2.35 bits per heavy atom. The first-order valence-electron chi connectivity index (χ1n) is 6.22. The average molecular weight is 274 g/mol. The van der Waals surface area contributed by atoms with E-state index in [9.17, 15) is 9.18 Å². The van der Waals surface area contributed by atoms with E-state index in [1.165, 1.54) is 24.3 Å². The summed E-state index contributed by atoms with van der Waals surface area (Å²) >= 11 is 0. The number of hydrogen-bond donors (Lipinski definition) is 3. The predicted molar refractivity (Wildman–Crippen MR) is 75.2 cm³/mol. The van der Waals surface area contributed by atoms with Crippen molar-refractivity contribution in [1.82, 2.24) is 5.32 Å². The minimum atomic E-state index is -0.344. The molecule has 0 fully saturated rings. The Labute approximate surface area is 116 Å². The maximum atomic E-state index is 12.7. The molecule has 2 rings (SSSR count). The molecule has 0 saturated heterocycles. The molecule has 5 heteroatoms. The number of phenolic OH excluding ortho intramolecular Hbond substituents is 1. The van der Waals surface area contributed by atoms with Gasteiger partial charge in [-0.3, -0.25) is 0 Å². The number of anilines is 1. The summed E-state index contributed by atoms with van der Waals surface area (Å²) in [6.45, 7) is 0.470. The fourth-order valence-electron chi connectivity index (χ4n) is 1.69. The molecule has 0 aliphatic rings. The number of phenols is 1. The summed E-state index contributed by atoms with van der Waals surface area (Å²) in [6, 6.07) is 12.0. The van der Waals surface area contributed by atoms with Gasteiger partial charge in [0.25, 0.3) is 0 Å². The van der Waals surface area contributed by atoms with Crippen LogP contribution in [0.5, 0.6) is 5.75 Å². The van der Waals surface area contributed by atoms with Crippen LogP contribution < -0.4 is 10.6 Å². The molecular formula is C15H15FN2O2. The Morgan fingerprint density at radius 1 is 1.05 bits per heavy atom. The van der Waals surface area contributed by atoms with Crippen LogP contribution in [0.2, 0.25) is 0 Å². The highest BCUT2D eigenvalue weighted by Gasteiger charge is 2.01. The lowest BCUT2D eigenvalue weighted by molar-refractivity contribution is 0.252. The van der Waals surface area contributed by atoms with Gasteiger partial charge in [-0.1, -0.05) is 12.1 Å². The van der Waals surface area contributed by atoms with Crippen molar-refractivity contribution >= 4 is 11.7 Å². The zero-order valence-electron chi connectivity index (χ0n) is 10.8. The van der Waals surface area contributed by atoms with E-state index in [0.29, 0.717) is 18.7 Å². The lowest BCUT2D eigenvalue weighted by Gasteiger charge is -2.07. The third-order valence-electron chi connectivity index (χ3n) is 2.74. The Kier molecular flexibility index (Phi) is 4.55. The van der Waals surface area contributed by atoms with E-state index in [4.69, 9.17) is 5.11 Å². The smallest absolute Gasteiger partial charge is 0.319 e. The molecule has 0 spiro atoms. The first-order valence-corrected chi connectivity index (χ1v) is 6.22. The van der Waals surface area contributed by atoms with E-state index >= 15 is 0 Å². The van der Waals surface area contributed by atoms with Crippen molar-refractivity contribution in [2.45, 2.75) is 6.42 Å². The fourth-order valence-corrected chi connectivity index (χ4v) is 1.69. The van der Waals surface area contributed by atoms with Crippen LogP contribution in [-0.2, 0) is 6.42 Å². The molecule has 0 aliphatic heterocycles. The molecule has 2 amide bonds. The maximum absolute atomic E-state index is 12.7. The van der Waals surface area contributed by atoms with Crippen molar-refractivity contribution in [3.63, 3.8) is 0 Å². The number of rotatable bonds is 4. The Morgan fingerprint density at radius 2 is 1.70 bits per heavy atom. The minimum absolute atomic E-state index is 0.218. The standard InChI is InChI=1S/C15H15FN2O2/c16-12-3-5-13(6-4-12)18-15(20)17-10-9-11-1-7-14(19)8-2-11/h1-8,19H,9-10H2,(H2,17,18,20). The molecule has 0 radical (unpaired) electrons. The number of aromatic hydroxyl groups is 1. The van der Waals surface area contributed by atoms with Crippen molar-refractivity contribution in [2.75, 3.05) is 11.9 Å². The molecule has 4 nitrogen and oxygen atoms in total. The van der Waals surface area contributed by atoms with Crippen molar-refractivity contribution in [1.29, 1.82) is 0 Å². The Hall–Kier alpha value is -2.56. The van der Waals surface area contributed by atoms with Gasteiger partial charge in [-0.15, -0.1) is 0 Å². The highest BCUT2D eigenvalue weighted by Crippen LogP contribution is 2.10. The molecule has 0 atom stereocenters. The monoisotopic (exact) mass is 274 g/mol. The molecule has 0 aromatic heterocycles. The van der Waals surface area contributed by atoms with Crippen LogP contribution >= 0.6 is 0 Å². The summed E-state index contributed by atoms with van der Waals surface area (Å²) in [5, 5.41) is 14.5. The van der Waals surface area contributed by atoms with Gasteiger partial charge in [0, 0.05) is 12.2 Å². The number of urea groups is 1. The SMILES string of the molecule is O=C(NCCc1ccc(O)cc1)Nc1ccc(F)cc1. The Bertz CT molecular complexity index is 567. The van der Waals surface area contributed by atoms with Crippen molar-refractivity contribution < 1.29 is 14.3 Å². The molecule has 2 aromatic carbocycles. The number of benzene rings is 2. The number of hydrogen-bond acceptors (Lipinski definition) is 2. The third kappa shape index (κ3) is 4.28. The summed E-state index contributed by atoms with van der Waals surface area (Å²) in [5.41, 5.74) is 1.55. The van der Waals surface area contributed by atoms with E-state index in [0.717, 1.165) is 5.56 Å². The lowest BCUT2D eigenvalue weighted by atomic mass is 10.1. The molecule has 0 bridgehead atoms. The molecular weight excluding hydrogens is 259 g/mol. The normalized spacial score (nSPS) is 10.1. The summed E-state index contributed by atoms with van der Waals surface area (Å²) in [7, 11) is 0. The predicted octanol–water partition coefficient (Wildman–Crippen LogP) is 2.90. The highest BCUT2D eigenvalue weighted by atomic mass is 19.1. The molecule has 3 N–H and O–H groups in total. The fraction of sp³-hybridized carbons (Fsp3) is 0.133. The van der Waals surface area contributed by atoms with E-state index in [1.807, 2.05) is 0 Å². The van der Waals surface area contributed by atoms with E-state index in [1.54, 1.807) is 24.3 Å². The molecule has 0 saturated carbocycles. The van der Waals surface area contributed by atoms with Crippen molar-refractivity contribution in [3.8, 4) is 5.75 Å². The molecule has 104 valence electrons. The van der Waals surface area contributed by atoms with Gasteiger partial charge < -0.3 is 15.7 Å². The van der Waals surface area contributed by atoms with E-state index < -0.39 is 0 Å². The summed E-state index contributed by atoms with van der Waals surface area (Å²) in [4.78, 5) is 11.6. The number of carbonyl (C=O) groups excluding carboxylic acids is 1. The van der Waals surface area contributed by atoms with Gasteiger partial charge in [0.2, 0.25) is 0 Å². The van der Waals surface area contributed by atoms with Gasteiger partial charge in [-0.25, -0.2) is 9.18 Å². The second-order valence-corrected chi connectivity index (χ2v) is 4.30. The quantitative estimate of drug-likeness (QED) is 0.802. The number of halogens is 1. The van der Waals surface area contributed by atoms with Crippen LogP contribution in [0.3, 0.4) is 0 Å². The van der Waals surface area contributed by atoms with Crippen LogP contribution in [0.25, 0.3) is 0 Å².